The highest BCUT2D eigenvalue weighted by atomic mass is 32.2. The van der Waals surface area contributed by atoms with E-state index in [1.165, 1.54) is 0 Å². The Balaban J connectivity index is 2.71. The zero-order chi connectivity index (χ0) is 12.0. The summed E-state index contributed by atoms with van der Waals surface area (Å²) >= 11 is 1.82. The molecular weight excluding hydrogens is 222 g/mol. The van der Waals surface area contributed by atoms with Crippen molar-refractivity contribution in [2.75, 3.05) is 30.5 Å². The summed E-state index contributed by atoms with van der Waals surface area (Å²) in [6.45, 7) is 1.00. The van der Waals surface area contributed by atoms with Crippen LogP contribution in [0.4, 0.5) is 5.69 Å². The van der Waals surface area contributed by atoms with Gasteiger partial charge in [0.25, 0.3) is 0 Å². The SMILES string of the molecule is CSCCN(C)c1ccc(/C(N)=N/O)cc1. The van der Waals surface area contributed by atoms with E-state index < -0.39 is 0 Å². The van der Waals surface area contributed by atoms with Crippen LogP contribution in [0.5, 0.6) is 0 Å². The number of amidine groups is 1. The molecule has 0 bridgehead atoms. The fraction of sp³-hybridized carbons (Fsp3) is 0.364. The van der Waals surface area contributed by atoms with E-state index in [0.717, 1.165) is 23.5 Å². The van der Waals surface area contributed by atoms with Crippen LogP contribution >= 0.6 is 11.8 Å². The van der Waals surface area contributed by atoms with Crippen molar-refractivity contribution in [2.45, 2.75) is 0 Å². The monoisotopic (exact) mass is 239 g/mol. The number of nitrogens with zero attached hydrogens (tertiary/aromatic N) is 2. The second-order valence-electron chi connectivity index (χ2n) is 3.45. The number of rotatable bonds is 5. The van der Waals surface area contributed by atoms with Crippen molar-refractivity contribution in [3.63, 3.8) is 0 Å². The first-order valence-corrected chi connectivity index (χ1v) is 6.36. The lowest BCUT2D eigenvalue weighted by Crippen LogP contribution is -2.20. The molecule has 0 atom stereocenters. The van der Waals surface area contributed by atoms with Crippen LogP contribution in [-0.2, 0) is 0 Å². The van der Waals surface area contributed by atoms with Gasteiger partial charge in [-0.15, -0.1) is 0 Å². The van der Waals surface area contributed by atoms with Crippen LogP contribution in [0.1, 0.15) is 5.56 Å². The summed E-state index contributed by atoms with van der Waals surface area (Å²) in [5.41, 5.74) is 7.34. The highest BCUT2D eigenvalue weighted by Crippen LogP contribution is 2.14. The molecule has 88 valence electrons. The van der Waals surface area contributed by atoms with Crippen LogP contribution in [0.3, 0.4) is 0 Å². The second kappa shape index (κ2) is 6.27. The van der Waals surface area contributed by atoms with Crippen LogP contribution in [0.25, 0.3) is 0 Å². The summed E-state index contributed by atoms with van der Waals surface area (Å²) in [5, 5.41) is 11.5. The lowest BCUT2D eigenvalue weighted by atomic mass is 10.2. The fourth-order valence-corrected chi connectivity index (χ4v) is 1.76. The van der Waals surface area contributed by atoms with Crippen LogP contribution in [0.2, 0.25) is 0 Å². The molecule has 0 fully saturated rings. The Morgan fingerprint density at radius 3 is 2.56 bits per heavy atom. The molecule has 0 saturated carbocycles. The van der Waals surface area contributed by atoms with Crippen molar-refractivity contribution in [2.24, 2.45) is 10.9 Å². The van der Waals surface area contributed by atoms with Gasteiger partial charge in [0.2, 0.25) is 0 Å². The topological polar surface area (TPSA) is 61.8 Å². The Labute approximate surface area is 100 Å². The number of nitrogens with two attached hydrogens (primary N) is 1. The van der Waals surface area contributed by atoms with Gasteiger partial charge in [0.05, 0.1) is 0 Å². The van der Waals surface area contributed by atoms with Crippen LogP contribution in [-0.4, -0.2) is 36.6 Å². The normalized spacial score (nSPS) is 11.5. The molecule has 16 heavy (non-hydrogen) atoms. The minimum Gasteiger partial charge on any atom is -0.409 e. The first kappa shape index (κ1) is 12.7. The molecule has 1 aromatic rings. The summed E-state index contributed by atoms with van der Waals surface area (Å²) in [6, 6.07) is 7.63. The van der Waals surface area contributed by atoms with Gasteiger partial charge in [-0.3, -0.25) is 0 Å². The van der Waals surface area contributed by atoms with E-state index in [-0.39, 0.29) is 5.84 Å². The summed E-state index contributed by atoms with van der Waals surface area (Å²) in [7, 11) is 2.05. The standard InChI is InChI=1S/C11H17N3OS/c1-14(7-8-16-2)10-5-3-9(4-6-10)11(12)13-15/h3-6,15H,7-8H2,1-2H3,(H2,12,13). The molecule has 0 radical (unpaired) electrons. The van der Waals surface area contributed by atoms with Gasteiger partial charge in [0.15, 0.2) is 5.84 Å². The van der Waals surface area contributed by atoms with Gasteiger partial charge >= 0.3 is 0 Å². The van der Waals surface area contributed by atoms with Gasteiger partial charge in [-0.05, 0) is 30.5 Å². The third-order valence-corrected chi connectivity index (χ3v) is 2.93. The maximum Gasteiger partial charge on any atom is 0.170 e. The Kier molecular flexibility index (Phi) is 4.98. The van der Waals surface area contributed by atoms with Crippen LogP contribution < -0.4 is 10.6 Å². The average molecular weight is 239 g/mol. The van der Waals surface area contributed by atoms with Gasteiger partial charge < -0.3 is 15.8 Å². The van der Waals surface area contributed by atoms with Crippen molar-refractivity contribution < 1.29 is 5.21 Å². The summed E-state index contributed by atoms with van der Waals surface area (Å²) in [4.78, 5) is 2.17. The quantitative estimate of drug-likeness (QED) is 0.354. The first-order chi connectivity index (χ1) is 7.69. The van der Waals surface area contributed by atoms with Crippen LogP contribution in [0.15, 0.2) is 29.4 Å². The zero-order valence-electron chi connectivity index (χ0n) is 9.55. The van der Waals surface area contributed by atoms with E-state index in [1.807, 2.05) is 36.0 Å². The predicted octanol–water partition coefficient (Wildman–Crippen LogP) is 1.58. The molecule has 0 heterocycles. The lowest BCUT2D eigenvalue weighted by molar-refractivity contribution is 0.318. The Bertz CT molecular complexity index is 351. The average Bonchev–Trinajstić information content (AvgIpc) is 2.35. The minimum absolute atomic E-state index is 0.137. The molecule has 0 aliphatic heterocycles. The molecule has 0 saturated heterocycles. The first-order valence-electron chi connectivity index (χ1n) is 4.97. The smallest absolute Gasteiger partial charge is 0.170 e. The summed E-state index contributed by atoms with van der Waals surface area (Å²) < 4.78 is 0. The second-order valence-corrected chi connectivity index (χ2v) is 4.43. The van der Waals surface area contributed by atoms with Crippen molar-refractivity contribution >= 4 is 23.3 Å². The highest BCUT2D eigenvalue weighted by molar-refractivity contribution is 7.98. The molecule has 0 amide bonds. The van der Waals surface area contributed by atoms with E-state index in [4.69, 9.17) is 10.9 Å². The third-order valence-electron chi connectivity index (χ3n) is 2.34. The number of oxime groups is 1. The molecule has 0 aliphatic carbocycles. The van der Waals surface area contributed by atoms with Crippen molar-refractivity contribution in [3.8, 4) is 0 Å². The van der Waals surface area contributed by atoms with Gasteiger partial charge in [0, 0.05) is 30.6 Å². The molecule has 0 aliphatic rings. The number of thioether (sulfide) groups is 1. The largest absolute Gasteiger partial charge is 0.409 e. The molecule has 5 heteroatoms. The van der Waals surface area contributed by atoms with E-state index in [2.05, 4.69) is 23.4 Å². The van der Waals surface area contributed by atoms with Crippen LogP contribution in [0, 0.1) is 0 Å². The van der Waals surface area contributed by atoms with E-state index in [1.54, 1.807) is 0 Å². The fourth-order valence-electron chi connectivity index (χ4n) is 1.30. The van der Waals surface area contributed by atoms with E-state index in [0.29, 0.717) is 0 Å². The predicted molar refractivity (Wildman–Crippen MR) is 70.6 cm³/mol. The minimum atomic E-state index is 0.137. The molecular formula is C11H17N3OS. The van der Waals surface area contributed by atoms with Gasteiger partial charge in [-0.1, -0.05) is 5.16 Å². The number of anilines is 1. The highest BCUT2D eigenvalue weighted by Gasteiger charge is 2.02. The molecule has 3 N–H and O–H groups in total. The Morgan fingerprint density at radius 1 is 1.44 bits per heavy atom. The lowest BCUT2D eigenvalue weighted by Gasteiger charge is -2.18. The van der Waals surface area contributed by atoms with Crippen molar-refractivity contribution in [1.29, 1.82) is 0 Å². The molecule has 0 aromatic heterocycles. The van der Waals surface area contributed by atoms with Gasteiger partial charge in [-0.25, -0.2) is 0 Å². The van der Waals surface area contributed by atoms with E-state index >= 15 is 0 Å². The van der Waals surface area contributed by atoms with Crippen molar-refractivity contribution in [3.05, 3.63) is 29.8 Å². The number of hydrogen-bond acceptors (Lipinski definition) is 4. The Hall–Kier alpha value is -1.36. The maximum atomic E-state index is 8.53. The number of hydrogen-bond donors (Lipinski definition) is 2. The summed E-state index contributed by atoms with van der Waals surface area (Å²) in [5.74, 6) is 1.23. The van der Waals surface area contributed by atoms with Gasteiger partial charge in [-0.2, -0.15) is 11.8 Å². The number of benzene rings is 1. The maximum absolute atomic E-state index is 8.53. The molecule has 0 unspecified atom stereocenters. The van der Waals surface area contributed by atoms with Crippen molar-refractivity contribution in [1.82, 2.24) is 0 Å². The zero-order valence-corrected chi connectivity index (χ0v) is 10.4. The summed E-state index contributed by atoms with van der Waals surface area (Å²) in [6.07, 6.45) is 2.09. The molecule has 1 rings (SSSR count). The molecule has 1 aromatic carbocycles. The third kappa shape index (κ3) is 3.34. The molecule has 0 spiro atoms. The van der Waals surface area contributed by atoms with Gasteiger partial charge in [0.1, 0.15) is 0 Å². The Morgan fingerprint density at radius 2 is 2.06 bits per heavy atom. The van der Waals surface area contributed by atoms with E-state index in [9.17, 15) is 0 Å². The molecule has 4 nitrogen and oxygen atoms in total.